The maximum atomic E-state index is 11.4. The lowest BCUT2D eigenvalue weighted by Gasteiger charge is -2.12. The van der Waals surface area contributed by atoms with Gasteiger partial charge in [-0.3, -0.25) is 0 Å². The first kappa shape index (κ1) is 14.0. The van der Waals surface area contributed by atoms with E-state index in [4.69, 9.17) is 11.5 Å². The maximum absolute atomic E-state index is 11.4. The van der Waals surface area contributed by atoms with Gasteiger partial charge in [0.25, 0.3) is 0 Å². The summed E-state index contributed by atoms with van der Waals surface area (Å²) in [6, 6.07) is -1.61. The Balaban J connectivity index is 2.28. The highest BCUT2D eigenvalue weighted by molar-refractivity contribution is 7.07. The first-order valence-corrected chi connectivity index (χ1v) is 6.15. The SMILES string of the molecule is C#CCC(NC(=O)NCCc1cscn1)C(=O)O. The Bertz CT molecular complexity index is 439. The topological polar surface area (TPSA) is 91.3 Å². The molecular formula is C11H13N3O3S. The second kappa shape index (κ2) is 7.29. The predicted molar refractivity (Wildman–Crippen MR) is 67.2 cm³/mol. The molecule has 0 bridgehead atoms. The van der Waals surface area contributed by atoms with E-state index >= 15 is 0 Å². The van der Waals surface area contributed by atoms with Crippen molar-refractivity contribution in [3.05, 3.63) is 16.6 Å². The summed E-state index contributed by atoms with van der Waals surface area (Å²) < 4.78 is 0. The second-order valence-electron chi connectivity index (χ2n) is 3.43. The van der Waals surface area contributed by atoms with Gasteiger partial charge in [0.1, 0.15) is 6.04 Å². The van der Waals surface area contributed by atoms with Gasteiger partial charge in [0.2, 0.25) is 0 Å². The Morgan fingerprint density at radius 3 is 2.94 bits per heavy atom. The number of carbonyl (C=O) groups excluding carboxylic acids is 1. The van der Waals surface area contributed by atoms with Crippen molar-refractivity contribution in [3.8, 4) is 12.3 Å². The van der Waals surface area contributed by atoms with Crippen molar-refractivity contribution in [1.29, 1.82) is 0 Å². The lowest BCUT2D eigenvalue weighted by molar-refractivity contribution is -0.139. The number of aliphatic carboxylic acids is 1. The largest absolute Gasteiger partial charge is 0.480 e. The first-order chi connectivity index (χ1) is 8.63. The number of nitrogens with zero attached hydrogens (tertiary/aromatic N) is 1. The van der Waals surface area contributed by atoms with Gasteiger partial charge in [0.15, 0.2) is 0 Å². The highest BCUT2D eigenvalue weighted by Crippen LogP contribution is 2.00. The molecule has 6 nitrogen and oxygen atoms in total. The standard InChI is InChI=1S/C11H13N3O3S/c1-2-3-9(10(15)16)14-11(17)12-5-4-8-6-18-7-13-8/h1,6-7,9H,3-5H2,(H,15,16)(H2,12,14,17). The molecule has 7 heteroatoms. The number of hydrogen-bond acceptors (Lipinski definition) is 4. The van der Waals surface area contributed by atoms with Crippen LogP contribution in [-0.4, -0.2) is 34.7 Å². The Labute approximate surface area is 108 Å². The Kier molecular flexibility index (Phi) is 5.67. The molecule has 0 aromatic carbocycles. The van der Waals surface area contributed by atoms with Crippen LogP contribution in [0.3, 0.4) is 0 Å². The van der Waals surface area contributed by atoms with Crippen molar-refractivity contribution in [2.45, 2.75) is 18.9 Å². The first-order valence-electron chi connectivity index (χ1n) is 5.21. The predicted octanol–water partition coefficient (Wildman–Crippen LogP) is 0.461. The average Bonchev–Trinajstić information content (AvgIpc) is 2.81. The fourth-order valence-corrected chi connectivity index (χ4v) is 1.79. The minimum Gasteiger partial charge on any atom is -0.480 e. The summed E-state index contributed by atoms with van der Waals surface area (Å²) in [5.74, 6) is 1.05. The summed E-state index contributed by atoms with van der Waals surface area (Å²) in [5, 5.41) is 15.5. The number of amides is 2. The number of carbonyl (C=O) groups is 2. The molecule has 96 valence electrons. The minimum absolute atomic E-state index is 0.0468. The quantitative estimate of drug-likeness (QED) is 0.653. The molecule has 3 N–H and O–H groups in total. The Morgan fingerprint density at radius 1 is 1.61 bits per heavy atom. The van der Waals surface area contributed by atoms with Crippen LogP contribution in [0.5, 0.6) is 0 Å². The minimum atomic E-state index is -1.15. The van der Waals surface area contributed by atoms with Crippen molar-refractivity contribution < 1.29 is 14.7 Å². The third kappa shape index (κ3) is 4.84. The normalized spacial score (nSPS) is 11.3. The van der Waals surface area contributed by atoms with Gasteiger partial charge in [-0.2, -0.15) is 0 Å². The summed E-state index contributed by atoms with van der Waals surface area (Å²) >= 11 is 1.48. The molecule has 2 amide bonds. The van der Waals surface area contributed by atoms with E-state index < -0.39 is 18.0 Å². The molecule has 18 heavy (non-hydrogen) atoms. The van der Waals surface area contributed by atoms with E-state index in [9.17, 15) is 9.59 Å². The van der Waals surface area contributed by atoms with E-state index in [2.05, 4.69) is 21.5 Å². The fraction of sp³-hybridized carbons (Fsp3) is 0.364. The van der Waals surface area contributed by atoms with Crippen molar-refractivity contribution in [1.82, 2.24) is 15.6 Å². The van der Waals surface area contributed by atoms with Gasteiger partial charge in [0.05, 0.1) is 11.2 Å². The fourth-order valence-electron chi connectivity index (χ4n) is 1.19. The van der Waals surface area contributed by atoms with Crippen LogP contribution in [0.25, 0.3) is 0 Å². The molecule has 0 aliphatic heterocycles. The van der Waals surface area contributed by atoms with Crippen LogP contribution in [0, 0.1) is 12.3 Å². The van der Waals surface area contributed by atoms with Gasteiger partial charge < -0.3 is 15.7 Å². The van der Waals surface area contributed by atoms with Gasteiger partial charge in [-0.05, 0) is 0 Å². The van der Waals surface area contributed by atoms with E-state index in [1.807, 2.05) is 5.38 Å². The Hall–Kier alpha value is -2.07. The molecule has 0 saturated carbocycles. The number of terminal acetylenes is 1. The van der Waals surface area contributed by atoms with Gasteiger partial charge >= 0.3 is 12.0 Å². The molecule has 1 rings (SSSR count). The van der Waals surface area contributed by atoms with Crippen molar-refractivity contribution >= 4 is 23.3 Å². The van der Waals surface area contributed by atoms with Crippen LogP contribution in [0.1, 0.15) is 12.1 Å². The van der Waals surface area contributed by atoms with Crippen LogP contribution in [0.4, 0.5) is 4.79 Å². The highest BCUT2D eigenvalue weighted by Gasteiger charge is 2.18. The zero-order chi connectivity index (χ0) is 13.4. The van der Waals surface area contributed by atoms with Crippen LogP contribution in [-0.2, 0) is 11.2 Å². The molecule has 0 saturated heterocycles. The number of nitrogens with one attached hydrogen (secondary N) is 2. The lowest BCUT2D eigenvalue weighted by Crippen LogP contribution is -2.46. The monoisotopic (exact) mass is 267 g/mol. The van der Waals surface area contributed by atoms with Crippen LogP contribution in [0.15, 0.2) is 10.9 Å². The van der Waals surface area contributed by atoms with Gasteiger partial charge in [0, 0.05) is 24.8 Å². The molecule has 1 aromatic heterocycles. The number of aromatic nitrogens is 1. The molecular weight excluding hydrogens is 254 g/mol. The highest BCUT2D eigenvalue weighted by atomic mass is 32.1. The van der Waals surface area contributed by atoms with E-state index in [0.29, 0.717) is 13.0 Å². The Morgan fingerprint density at radius 2 is 2.39 bits per heavy atom. The number of carboxylic acid groups (broad SMARTS) is 1. The third-order valence-corrected chi connectivity index (χ3v) is 2.71. The summed E-state index contributed by atoms with van der Waals surface area (Å²) in [7, 11) is 0. The van der Waals surface area contributed by atoms with Crippen LogP contribution < -0.4 is 10.6 Å². The molecule has 0 fully saturated rings. The molecule has 0 aliphatic rings. The zero-order valence-corrected chi connectivity index (χ0v) is 10.4. The average molecular weight is 267 g/mol. The van der Waals surface area contributed by atoms with E-state index in [0.717, 1.165) is 5.69 Å². The second-order valence-corrected chi connectivity index (χ2v) is 4.15. The van der Waals surface area contributed by atoms with Crippen molar-refractivity contribution in [3.63, 3.8) is 0 Å². The van der Waals surface area contributed by atoms with E-state index in [1.54, 1.807) is 5.51 Å². The number of carboxylic acids is 1. The van der Waals surface area contributed by atoms with Gasteiger partial charge in [-0.25, -0.2) is 14.6 Å². The molecule has 1 atom stereocenters. The summed E-state index contributed by atoms with van der Waals surface area (Å²) in [4.78, 5) is 26.2. The van der Waals surface area contributed by atoms with Gasteiger partial charge in [-0.1, -0.05) is 0 Å². The number of rotatable bonds is 6. The molecule has 0 radical (unpaired) electrons. The summed E-state index contributed by atoms with van der Waals surface area (Å²) in [6.07, 6.45) is 5.57. The molecule has 0 aliphatic carbocycles. The molecule has 1 unspecified atom stereocenters. The smallest absolute Gasteiger partial charge is 0.327 e. The third-order valence-electron chi connectivity index (χ3n) is 2.08. The van der Waals surface area contributed by atoms with Crippen LogP contribution in [0.2, 0.25) is 0 Å². The van der Waals surface area contributed by atoms with E-state index in [-0.39, 0.29) is 6.42 Å². The molecule has 1 heterocycles. The molecule has 1 aromatic rings. The number of thiazole rings is 1. The van der Waals surface area contributed by atoms with Crippen molar-refractivity contribution in [2.75, 3.05) is 6.54 Å². The number of urea groups is 1. The molecule has 0 spiro atoms. The lowest BCUT2D eigenvalue weighted by atomic mass is 10.2. The van der Waals surface area contributed by atoms with E-state index in [1.165, 1.54) is 11.3 Å². The summed E-state index contributed by atoms with van der Waals surface area (Å²) in [5.41, 5.74) is 2.60. The summed E-state index contributed by atoms with van der Waals surface area (Å²) in [6.45, 7) is 0.387. The number of hydrogen-bond donors (Lipinski definition) is 3. The van der Waals surface area contributed by atoms with Crippen LogP contribution >= 0.6 is 11.3 Å². The van der Waals surface area contributed by atoms with Gasteiger partial charge in [-0.15, -0.1) is 23.7 Å². The van der Waals surface area contributed by atoms with Crippen molar-refractivity contribution in [2.24, 2.45) is 0 Å². The zero-order valence-electron chi connectivity index (χ0n) is 9.55. The maximum Gasteiger partial charge on any atom is 0.327 e.